The van der Waals surface area contributed by atoms with Gasteiger partial charge >= 0.3 is 0 Å². The molecule has 19 heavy (non-hydrogen) atoms. The lowest BCUT2D eigenvalue weighted by Gasteiger charge is -2.37. The molecule has 2 saturated carbocycles. The molecule has 1 aromatic carbocycles. The Balaban J connectivity index is 1.85. The van der Waals surface area contributed by atoms with E-state index in [1.807, 2.05) is 7.11 Å². The van der Waals surface area contributed by atoms with Crippen molar-refractivity contribution in [3.8, 4) is 0 Å². The van der Waals surface area contributed by atoms with Gasteiger partial charge in [0.05, 0.1) is 5.60 Å². The molecular weight excluding hydrogens is 234 g/mol. The van der Waals surface area contributed by atoms with Crippen LogP contribution < -0.4 is 5.73 Å². The lowest BCUT2D eigenvalue weighted by molar-refractivity contribution is 0.0789. The normalized spacial score (nSPS) is 24.1. The maximum Gasteiger partial charge on any atom is 0.0929 e. The summed E-state index contributed by atoms with van der Waals surface area (Å²) in [5.74, 6) is 0. The minimum atomic E-state index is 0.0287. The van der Waals surface area contributed by atoms with Gasteiger partial charge in [-0.15, -0.1) is 0 Å². The summed E-state index contributed by atoms with van der Waals surface area (Å²) < 4.78 is 5.65. The first-order chi connectivity index (χ1) is 9.25. The Bertz CT molecular complexity index is 427. The van der Waals surface area contributed by atoms with E-state index in [-0.39, 0.29) is 11.0 Å². The Kier molecular flexibility index (Phi) is 3.40. The summed E-state index contributed by atoms with van der Waals surface area (Å²) in [6.45, 7) is 0.780. The minimum absolute atomic E-state index is 0.0287. The van der Waals surface area contributed by atoms with Crippen LogP contribution in [0.3, 0.4) is 0 Å². The fraction of sp³-hybridized carbons (Fsp3) is 0.647. The van der Waals surface area contributed by atoms with Gasteiger partial charge in [0.15, 0.2) is 0 Å². The van der Waals surface area contributed by atoms with E-state index in [9.17, 15) is 0 Å². The van der Waals surface area contributed by atoms with Crippen LogP contribution >= 0.6 is 0 Å². The van der Waals surface area contributed by atoms with Crippen LogP contribution in [0.4, 0.5) is 0 Å². The van der Waals surface area contributed by atoms with Crippen LogP contribution in [0.1, 0.15) is 56.1 Å². The van der Waals surface area contributed by atoms with Crippen molar-refractivity contribution >= 4 is 0 Å². The van der Waals surface area contributed by atoms with Crippen molar-refractivity contribution < 1.29 is 4.74 Å². The predicted molar refractivity (Wildman–Crippen MR) is 78.2 cm³/mol. The van der Waals surface area contributed by atoms with Gasteiger partial charge in [-0.05, 0) is 36.8 Å². The predicted octanol–water partition coefficient (Wildman–Crippen LogP) is 3.48. The Labute approximate surface area is 116 Å². The molecule has 0 heterocycles. The van der Waals surface area contributed by atoms with Crippen molar-refractivity contribution in [1.82, 2.24) is 0 Å². The zero-order chi connectivity index (χ0) is 13.3. The van der Waals surface area contributed by atoms with Crippen LogP contribution in [0.25, 0.3) is 0 Å². The molecule has 0 saturated heterocycles. The second kappa shape index (κ2) is 4.92. The highest BCUT2D eigenvalue weighted by Crippen LogP contribution is 2.49. The van der Waals surface area contributed by atoms with Crippen molar-refractivity contribution in [2.45, 2.75) is 56.0 Å². The van der Waals surface area contributed by atoms with Gasteiger partial charge in [0.1, 0.15) is 0 Å². The summed E-state index contributed by atoms with van der Waals surface area (Å²) >= 11 is 0. The quantitative estimate of drug-likeness (QED) is 0.898. The largest absolute Gasteiger partial charge is 0.374 e. The van der Waals surface area contributed by atoms with Crippen molar-refractivity contribution in [3.63, 3.8) is 0 Å². The fourth-order valence-electron chi connectivity index (χ4n) is 3.69. The molecule has 0 aliphatic heterocycles. The number of hydrogen-bond donors (Lipinski definition) is 1. The molecule has 3 rings (SSSR count). The molecule has 1 aromatic rings. The SMILES string of the molecule is COC1(c2ccc(C3(CN)CCCCC3)cc2)CC1. The average molecular weight is 259 g/mol. The summed E-state index contributed by atoms with van der Waals surface area (Å²) in [5, 5.41) is 0. The lowest BCUT2D eigenvalue weighted by atomic mass is 9.69. The number of nitrogens with two attached hydrogens (primary N) is 1. The standard InChI is InChI=1S/C17H25NO/c1-19-17(11-12-17)15-7-5-14(6-8-15)16(13-18)9-3-2-4-10-16/h5-8H,2-4,9-13,18H2,1H3. The van der Waals surface area contributed by atoms with Crippen LogP contribution in [0, 0.1) is 0 Å². The highest BCUT2D eigenvalue weighted by atomic mass is 16.5. The zero-order valence-electron chi connectivity index (χ0n) is 12.0. The van der Waals surface area contributed by atoms with Crippen LogP contribution in [0.5, 0.6) is 0 Å². The van der Waals surface area contributed by atoms with E-state index in [0.717, 1.165) is 19.4 Å². The zero-order valence-corrected chi connectivity index (χ0v) is 12.0. The average Bonchev–Trinajstić information content (AvgIpc) is 3.29. The molecule has 104 valence electrons. The summed E-state index contributed by atoms with van der Waals surface area (Å²) in [4.78, 5) is 0. The summed E-state index contributed by atoms with van der Waals surface area (Å²) in [7, 11) is 1.82. The van der Waals surface area contributed by atoms with E-state index in [1.165, 1.54) is 43.2 Å². The molecule has 0 spiro atoms. The van der Waals surface area contributed by atoms with E-state index < -0.39 is 0 Å². The molecule has 0 amide bonds. The van der Waals surface area contributed by atoms with Crippen molar-refractivity contribution in [1.29, 1.82) is 0 Å². The molecule has 0 aromatic heterocycles. The third-order valence-electron chi connectivity index (χ3n) is 5.32. The van der Waals surface area contributed by atoms with Gasteiger partial charge < -0.3 is 10.5 Å². The van der Waals surface area contributed by atoms with E-state index in [2.05, 4.69) is 24.3 Å². The molecule has 2 heteroatoms. The monoisotopic (exact) mass is 259 g/mol. The Morgan fingerprint density at radius 2 is 1.53 bits per heavy atom. The van der Waals surface area contributed by atoms with Crippen LogP contribution in [-0.4, -0.2) is 13.7 Å². The molecule has 2 aliphatic rings. The van der Waals surface area contributed by atoms with Gasteiger partial charge in [-0.3, -0.25) is 0 Å². The molecule has 0 bridgehead atoms. The summed E-state index contributed by atoms with van der Waals surface area (Å²) in [6.07, 6.45) is 8.82. The highest BCUT2D eigenvalue weighted by Gasteiger charge is 2.44. The van der Waals surface area contributed by atoms with Gasteiger partial charge in [0.2, 0.25) is 0 Å². The minimum Gasteiger partial charge on any atom is -0.374 e. The number of ether oxygens (including phenoxy) is 1. The van der Waals surface area contributed by atoms with Gasteiger partial charge in [-0.2, -0.15) is 0 Å². The second-order valence-corrected chi connectivity index (χ2v) is 6.32. The molecule has 0 radical (unpaired) electrons. The number of methoxy groups -OCH3 is 1. The third-order valence-corrected chi connectivity index (χ3v) is 5.32. The van der Waals surface area contributed by atoms with E-state index >= 15 is 0 Å². The first kappa shape index (κ1) is 13.1. The molecule has 0 unspecified atom stereocenters. The number of hydrogen-bond acceptors (Lipinski definition) is 2. The van der Waals surface area contributed by atoms with Crippen LogP contribution in [0.15, 0.2) is 24.3 Å². The van der Waals surface area contributed by atoms with E-state index in [4.69, 9.17) is 10.5 Å². The van der Waals surface area contributed by atoms with Crippen molar-refractivity contribution in [3.05, 3.63) is 35.4 Å². The first-order valence-electron chi connectivity index (χ1n) is 7.61. The van der Waals surface area contributed by atoms with Crippen LogP contribution in [-0.2, 0) is 15.8 Å². The first-order valence-corrected chi connectivity index (χ1v) is 7.61. The third kappa shape index (κ3) is 2.21. The van der Waals surface area contributed by atoms with Gasteiger partial charge in [0, 0.05) is 19.1 Å². The molecule has 2 aliphatic carbocycles. The van der Waals surface area contributed by atoms with Gasteiger partial charge in [-0.25, -0.2) is 0 Å². The topological polar surface area (TPSA) is 35.2 Å². The molecule has 2 nitrogen and oxygen atoms in total. The van der Waals surface area contributed by atoms with Crippen LogP contribution in [0.2, 0.25) is 0 Å². The fourth-order valence-corrected chi connectivity index (χ4v) is 3.69. The maximum absolute atomic E-state index is 6.11. The maximum atomic E-state index is 6.11. The van der Waals surface area contributed by atoms with Crippen molar-refractivity contribution in [2.75, 3.05) is 13.7 Å². The molecule has 2 fully saturated rings. The van der Waals surface area contributed by atoms with Crippen molar-refractivity contribution in [2.24, 2.45) is 5.73 Å². The van der Waals surface area contributed by atoms with Gasteiger partial charge in [-0.1, -0.05) is 43.5 Å². The second-order valence-electron chi connectivity index (χ2n) is 6.32. The Morgan fingerprint density at radius 1 is 0.947 bits per heavy atom. The Morgan fingerprint density at radius 3 is 2.00 bits per heavy atom. The smallest absolute Gasteiger partial charge is 0.0929 e. The number of benzene rings is 1. The Hall–Kier alpha value is -0.860. The molecular formula is C17H25NO. The molecule has 0 atom stereocenters. The van der Waals surface area contributed by atoms with E-state index in [0.29, 0.717) is 0 Å². The number of rotatable bonds is 4. The summed E-state index contributed by atoms with van der Waals surface area (Å²) in [6, 6.07) is 9.12. The summed E-state index contributed by atoms with van der Waals surface area (Å²) in [5.41, 5.74) is 9.14. The van der Waals surface area contributed by atoms with Gasteiger partial charge in [0.25, 0.3) is 0 Å². The van der Waals surface area contributed by atoms with E-state index in [1.54, 1.807) is 0 Å². The highest BCUT2D eigenvalue weighted by molar-refractivity contribution is 5.35. The molecule has 2 N–H and O–H groups in total. The lowest BCUT2D eigenvalue weighted by Crippen LogP contribution is -2.37.